The van der Waals surface area contributed by atoms with Gasteiger partial charge in [-0.05, 0) is 13.3 Å². The van der Waals surface area contributed by atoms with E-state index in [1.165, 1.54) is 11.3 Å². The molecule has 1 aliphatic rings. The van der Waals surface area contributed by atoms with Crippen molar-refractivity contribution in [3.05, 3.63) is 5.01 Å². The van der Waals surface area contributed by atoms with Crippen LogP contribution in [-0.4, -0.2) is 53.9 Å². The third-order valence-corrected chi connectivity index (χ3v) is 3.49. The van der Waals surface area contributed by atoms with Crippen LogP contribution in [0.15, 0.2) is 0 Å². The Hall–Kier alpha value is -1.21. The largest absolute Gasteiger partial charge is 0.377 e. The van der Waals surface area contributed by atoms with Gasteiger partial charge in [0.1, 0.15) is 0 Å². The Balaban J connectivity index is 2.07. The van der Waals surface area contributed by atoms with Crippen molar-refractivity contribution < 1.29 is 9.53 Å². The first-order valence-corrected chi connectivity index (χ1v) is 6.44. The van der Waals surface area contributed by atoms with Crippen LogP contribution in [0.2, 0.25) is 0 Å². The monoisotopic (exact) mass is 256 g/mol. The molecule has 0 aromatic carbocycles. The molecule has 1 N–H and O–H groups in total. The lowest BCUT2D eigenvalue weighted by atomic mass is 10.3. The van der Waals surface area contributed by atoms with Gasteiger partial charge in [-0.25, -0.2) is 0 Å². The Morgan fingerprint density at radius 2 is 2.41 bits per heavy atom. The summed E-state index contributed by atoms with van der Waals surface area (Å²) in [7, 11) is 1.76. The molecule has 7 heteroatoms. The van der Waals surface area contributed by atoms with E-state index >= 15 is 0 Å². The molecule has 17 heavy (non-hydrogen) atoms. The number of hydrogen-bond donors (Lipinski definition) is 1. The number of carbonyl (C=O) groups is 1. The van der Waals surface area contributed by atoms with Gasteiger partial charge in [0.25, 0.3) is 5.91 Å². The van der Waals surface area contributed by atoms with E-state index < -0.39 is 0 Å². The number of hydrogen-bond acceptors (Lipinski definition) is 6. The van der Waals surface area contributed by atoms with Crippen molar-refractivity contribution in [1.82, 2.24) is 15.1 Å². The van der Waals surface area contributed by atoms with Crippen LogP contribution in [0.1, 0.15) is 23.1 Å². The van der Waals surface area contributed by atoms with Gasteiger partial charge in [-0.15, -0.1) is 10.2 Å². The van der Waals surface area contributed by atoms with Crippen LogP contribution < -0.4 is 5.32 Å². The van der Waals surface area contributed by atoms with Crippen molar-refractivity contribution in [1.29, 1.82) is 0 Å². The number of aromatic nitrogens is 2. The fourth-order valence-electron chi connectivity index (χ4n) is 1.72. The van der Waals surface area contributed by atoms with Gasteiger partial charge < -0.3 is 15.0 Å². The van der Waals surface area contributed by atoms with Gasteiger partial charge in [0.05, 0.1) is 6.10 Å². The van der Waals surface area contributed by atoms with Gasteiger partial charge in [-0.2, -0.15) is 0 Å². The topological polar surface area (TPSA) is 67.4 Å². The zero-order valence-corrected chi connectivity index (χ0v) is 10.8. The standard InChI is InChI=1S/C10H16N4O2S/c1-7-6-14(4-3-5-16-7)9(15)8-12-13-10(11-2)17-8/h7H,3-6H2,1-2H3,(H,11,13). The van der Waals surface area contributed by atoms with Gasteiger partial charge in [0.15, 0.2) is 0 Å². The molecular weight excluding hydrogens is 240 g/mol. The van der Waals surface area contributed by atoms with Gasteiger partial charge in [-0.3, -0.25) is 4.79 Å². The number of rotatable bonds is 2. The summed E-state index contributed by atoms with van der Waals surface area (Å²) in [4.78, 5) is 14.0. The number of carbonyl (C=O) groups excluding carboxylic acids is 1. The molecule has 1 aromatic heterocycles. The molecule has 0 aliphatic carbocycles. The lowest BCUT2D eigenvalue weighted by Gasteiger charge is -2.20. The number of ether oxygens (including phenoxy) is 1. The predicted octanol–water partition coefficient (Wildman–Crippen LogP) is 0.831. The van der Waals surface area contributed by atoms with Crippen molar-refractivity contribution in [2.75, 3.05) is 32.1 Å². The van der Waals surface area contributed by atoms with Crippen LogP contribution in [-0.2, 0) is 4.74 Å². The summed E-state index contributed by atoms with van der Waals surface area (Å²) >= 11 is 1.28. The van der Waals surface area contributed by atoms with Crippen LogP contribution in [0, 0.1) is 0 Å². The minimum Gasteiger partial charge on any atom is -0.377 e. The van der Waals surface area contributed by atoms with Gasteiger partial charge in [-0.1, -0.05) is 11.3 Å². The Morgan fingerprint density at radius 1 is 1.59 bits per heavy atom. The molecule has 0 radical (unpaired) electrons. The summed E-state index contributed by atoms with van der Waals surface area (Å²) in [6, 6.07) is 0. The van der Waals surface area contributed by atoms with Crippen molar-refractivity contribution in [3.8, 4) is 0 Å². The van der Waals surface area contributed by atoms with Crippen LogP contribution in [0.5, 0.6) is 0 Å². The molecule has 1 unspecified atom stereocenters. The molecule has 0 bridgehead atoms. The van der Waals surface area contributed by atoms with E-state index in [4.69, 9.17) is 4.74 Å². The Bertz CT molecular complexity index is 395. The Labute approximate surface area is 104 Å². The summed E-state index contributed by atoms with van der Waals surface area (Å²) in [6.07, 6.45) is 0.950. The molecule has 1 saturated heterocycles. The maximum atomic E-state index is 12.2. The molecule has 0 spiro atoms. The zero-order valence-electron chi connectivity index (χ0n) is 9.97. The second-order valence-corrected chi connectivity index (χ2v) is 4.93. The third kappa shape index (κ3) is 2.92. The minimum atomic E-state index is -0.0543. The minimum absolute atomic E-state index is 0.0543. The smallest absolute Gasteiger partial charge is 0.284 e. The van der Waals surface area contributed by atoms with Crippen LogP contribution >= 0.6 is 11.3 Å². The SMILES string of the molecule is CNc1nnc(C(=O)N2CCCOC(C)C2)s1. The van der Waals surface area contributed by atoms with E-state index in [1.807, 2.05) is 6.92 Å². The lowest BCUT2D eigenvalue weighted by molar-refractivity contribution is 0.0562. The number of amides is 1. The van der Waals surface area contributed by atoms with E-state index in [0.717, 1.165) is 13.0 Å². The number of nitrogens with zero attached hydrogens (tertiary/aromatic N) is 3. The second-order valence-electron chi connectivity index (χ2n) is 3.95. The summed E-state index contributed by atoms with van der Waals surface area (Å²) in [5, 5.41) is 11.7. The maximum Gasteiger partial charge on any atom is 0.284 e. The van der Waals surface area contributed by atoms with Crippen LogP contribution in [0.25, 0.3) is 0 Å². The average molecular weight is 256 g/mol. The summed E-state index contributed by atoms with van der Waals surface area (Å²) in [6.45, 7) is 4.03. The molecule has 6 nitrogen and oxygen atoms in total. The van der Waals surface area contributed by atoms with Crippen LogP contribution in [0.4, 0.5) is 5.13 Å². The van der Waals surface area contributed by atoms with Gasteiger partial charge in [0, 0.05) is 26.7 Å². The number of nitrogens with one attached hydrogen (secondary N) is 1. The molecule has 1 fully saturated rings. The molecule has 1 aliphatic heterocycles. The normalized spacial score (nSPS) is 21.1. The predicted molar refractivity (Wildman–Crippen MR) is 65.4 cm³/mol. The summed E-state index contributed by atoms with van der Waals surface area (Å²) < 4.78 is 5.51. The Morgan fingerprint density at radius 3 is 3.12 bits per heavy atom. The molecule has 1 aromatic rings. The molecule has 1 atom stereocenters. The molecular formula is C10H16N4O2S. The van der Waals surface area contributed by atoms with E-state index in [1.54, 1.807) is 11.9 Å². The van der Waals surface area contributed by atoms with Crippen molar-refractivity contribution in [2.45, 2.75) is 19.4 Å². The highest BCUT2D eigenvalue weighted by Gasteiger charge is 2.23. The molecule has 2 rings (SSSR count). The first-order valence-electron chi connectivity index (χ1n) is 5.63. The zero-order chi connectivity index (χ0) is 12.3. The van der Waals surface area contributed by atoms with E-state index in [2.05, 4.69) is 15.5 Å². The van der Waals surface area contributed by atoms with E-state index in [9.17, 15) is 4.79 Å². The molecule has 0 saturated carbocycles. The maximum absolute atomic E-state index is 12.2. The fourth-order valence-corrected chi connectivity index (χ4v) is 2.39. The highest BCUT2D eigenvalue weighted by molar-refractivity contribution is 7.17. The molecule has 94 valence electrons. The first-order chi connectivity index (χ1) is 8.20. The van der Waals surface area contributed by atoms with Crippen molar-refractivity contribution >= 4 is 22.4 Å². The van der Waals surface area contributed by atoms with E-state index in [0.29, 0.717) is 23.3 Å². The number of anilines is 1. The average Bonchev–Trinajstić information content (AvgIpc) is 2.71. The third-order valence-electron chi connectivity index (χ3n) is 2.56. The van der Waals surface area contributed by atoms with Gasteiger partial charge >= 0.3 is 0 Å². The highest BCUT2D eigenvalue weighted by atomic mass is 32.1. The van der Waals surface area contributed by atoms with Gasteiger partial charge in [0.2, 0.25) is 10.1 Å². The second kappa shape index (κ2) is 5.42. The Kier molecular flexibility index (Phi) is 3.90. The first kappa shape index (κ1) is 12.3. The van der Waals surface area contributed by atoms with Crippen molar-refractivity contribution in [3.63, 3.8) is 0 Å². The summed E-state index contributed by atoms with van der Waals surface area (Å²) in [5.74, 6) is -0.0543. The quantitative estimate of drug-likeness (QED) is 0.849. The fraction of sp³-hybridized carbons (Fsp3) is 0.700. The van der Waals surface area contributed by atoms with Crippen molar-refractivity contribution in [2.24, 2.45) is 0 Å². The highest BCUT2D eigenvalue weighted by Crippen LogP contribution is 2.17. The molecule has 1 amide bonds. The van der Waals surface area contributed by atoms with Crippen LogP contribution in [0.3, 0.4) is 0 Å². The molecule has 2 heterocycles. The summed E-state index contributed by atoms with van der Waals surface area (Å²) in [5.41, 5.74) is 0. The van der Waals surface area contributed by atoms with E-state index in [-0.39, 0.29) is 12.0 Å². The lowest BCUT2D eigenvalue weighted by Crippen LogP contribution is -2.35.